The van der Waals surface area contributed by atoms with E-state index in [0.717, 1.165) is 17.7 Å². The smallest absolute Gasteiger partial charge is 0.352 e. The molecule has 1 N–H and O–H groups in total. The third-order valence-corrected chi connectivity index (χ3v) is 5.15. The van der Waals surface area contributed by atoms with Crippen molar-refractivity contribution >= 4 is 11.8 Å². The van der Waals surface area contributed by atoms with Crippen molar-refractivity contribution in [1.82, 2.24) is 20.2 Å². The normalized spacial score (nSPS) is 11.2. The number of halogens is 3. The molecule has 3 aromatic rings. The van der Waals surface area contributed by atoms with Gasteiger partial charge >= 0.3 is 6.18 Å². The van der Waals surface area contributed by atoms with Crippen LogP contribution in [0.25, 0.3) is 0 Å². The lowest BCUT2D eigenvalue weighted by molar-refractivity contribution is -0.137. The Morgan fingerprint density at radius 3 is 2.35 bits per heavy atom. The Bertz CT molecular complexity index is 1100. The largest absolute Gasteiger partial charge is 0.416 e. The zero-order chi connectivity index (χ0) is 24.6. The van der Waals surface area contributed by atoms with Crippen LogP contribution in [-0.4, -0.2) is 39.8 Å². The van der Waals surface area contributed by atoms with Crippen LogP contribution in [-0.2, 0) is 23.9 Å². The highest BCUT2D eigenvalue weighted by Gasteiger charge is 2.30. The number of carbonyl (C=O) groups is 2. The van der Waals surface area contributed by atoms with Crippen LogP contribution in [0.4, 0.5) is 13.2 Å². The van der Waals surface area contributed by atoms with E-state index in [4.69, 9.17) is 0 Å². The van der Waals surface area contributed by atoms with E-state index in [2.05, 4.69) is 15.3 Å². The number of aromatic nitrogens is 2. The SMILES string of the molecule is Cc1cnc(C(=O)N(CCC(=O)NCc2cccc(C(F)(F)F)c2)CCc2ccccc2)cn1. The molecule has 0 radical (unpaired) electrons. The fourth-order valence-corrected chi connectivity index (χ4v) is 3.27. The van der Waals surface area contributed by atoms with Gasteiger partial charge in [-0.15, -0.1) is 0 Å². The number of carbonyl (C=O) groups excluding carboxylic acids is 2. The molecule has 0 unspecified atom stereocenters. The molecule has 34 heavy (non-hydrogen) atoms. The first kappa shape index (κ1) is 24.9. The lowest BCUT2D eigenvalue weighted by Gasteiger charge is -2.22. The highest BCUT2D eigenvalue weighted by molar-refractivity contribution is 5.92. The third kappa shape index (κ3) is 7.40. The molecule has 6 nitrogen and oxygen atoms in total. The predicted octanol–water partition coefficient (Wildman–Crippen LogP) is 4.20. The highest BCUT2D eigenvalue weighted by atomic mass is 19.4. The average Bonchev–Trinajstić information content (AvgIpc) is 2.83. The summed E-state index contributed by atoms with van der Waals surface area (Å²) in [6.45, 7) is 2.24. The van der Waals surface area contributed by atoms with E-state index >= 15 is 0 Å². The minimum Gasteiger partial charge on any atom is -0.352 e. The molecule has 0 saturated carbocycles. The van der Waals surface area contributed by atoms with Gasteiger partial charge in [0.1, 0.15) is 5.69 Å². The second-order valence-corrected chi connectivity index (χ2v) is 7.80. The maximum atomic E-state index is 13.0. The van der Waals surface area contributed by atoms with Gasteiger partial charge in [0.25, 0.3) is 5.91 Å². The summed E-state index contributed by atoms with van der Waals surface area (Å²) in [5, 5.41) is 2.62. The summed E-state index contributed by atoms with van der Waals surface area (Å²) in [6.07, 6.45) is -0.944. The number of alkyl halides is 3. The van der Waals surface area contributed by atoms with Crippen LogP contribution >= 0.6 is 0 Å². The number of hydrogen-bond donors (Lipinski definition) is 1. The minimum atomic E-state index is -4.45. The van der Waals surface area contributed by atoms with E-state index in [1.54, 1.807) is 6.92 Å². The summed E-state index contributed by atoms with van der Waals surface area (Å²) in [5.41, 5.74) is 1.49. The Hall–Kier alpha value is -3.75. The molecular formula is C25H25F3N4O2. The van der Waals surface area contributed by atoms with Gasteiger partial charge in [-0.3, -0.25) is 14.6 Å². The van der Waals surface area contributed by atoms with E-state index in [-0.39, 0.29) is 37.0 Å². The summed E-state index contributed by atoms with van der Waals surface area (Å²) >= 11 is 0. The molecule has 2 aromatic carbocycles. The molecule has 1 heterocycles. The number of hydrogen-bond acceptors (Lipinski definition) is 4. The first-order valence-electron chi connectivity index (χ1n) is 10.8. The van der Waals surface area contributed by atoms with Gasteiger partial charge in [0.15, 0.2) is 0 Å². The van der Waals surface area contributed by atoms with Crippen LogP contribution in [0.15, 0.2) is 67.0 Å². The number of nitrogens with one attached hydrogen (secondary N) is 1. The first-order chi connectivity index (χ1) is 16.2. The monoisotopic (exact) mass is 470 g/mol. The topological polar surface area (TPSA) is 75.2 Å². The number of aryl methyl sites for hydroxylation is 1. The van der Waals surface area contributed by atoms with Gasteiger partial charge in [-0.1, -0.05) is 42.5 Å². The first-order valence-corrected chi connectivity index (χ1v) is 10.8. The van der Waals surface area contributed by atoms with Gasteiger partial charge in [-0.05, 0) is 36.6 Å². The van der Waals surface area contributed by atoms with Crippen molar-refractivity contribution in [3.8, 4) is 0 Å². The lowest BCUT2D eigenvalue weighted by Crippen LogP contribution is -2.37. The number of rotatable bonds is 9. The van der Waals surface area contributed by atoms with E-state index in [1.165, 1.54) is 29.4 Å². The zero-order valence-electron chi connectivity index (χ0n) is 18.7. The summed E-state index contributed by atoms with van der Waals surface area (Å²) in [4.78, 5) is 35.2. The van der Waals surface area contributed by atoms with E-state index in [1.807, 2.05) is 30.3 Å². The molecule has 1 aromatic heterocycles. The van der Waals surface area contributed by atoms with Gasteiger partial charge in [0.05, 0.1) is 17.5 Å². The van der Waals surface area contributed by atoms with Crippen LogP contribution in [0, 0.1) is 6.92 Å². The molecule has 0 spiro atoms. The van der Waals surface area contributed by atoms with E-state index < -0.39 is 11.7 Å². The molecule has 3 rings (SSSR count). The molecule has 0 fully saturated rings. The Morgan fingerprint density at radius 2 is 1.68 bits per heavy atom. The van der Waals surface area contributed by atoms with Crippen LogP contribution < -0.4 is 5.32 Å². The number of nitrogens with zero attached hydrogens (tertiary/aromatic N) is 3. The second kappa shape index (κ2) is 11.4. The lowest BCUT2D eigenvalue weighted by atomic mass is 10.1. The van der Waals surface area contributed by atoms with Crippen molar-refractivity contribution in [3.05, 3.63) is 95.1 Å². The molecular weight excluding hydrogens is 445 g/mol. The fraction of sp³-hybridized carbons (Fsp3) is 0.280. The van der Waals surface area contributed by atoms with Crippen LogP contribution in [0.2, 0.25) is 0 Å². The van der Waals surface area contributed by atoms with E-state index in [9.17, 15) is 22.8 Å². The maximum absolute atomic E-state index is 13.0. The molecule has 0 saturated heterocycles. The Balaban J connectivity index is 1.60. The van der Waals surface area contributed by atoms with Crippen molar-refractivity contribution < 1.29 is 22.8 Å². The van der Waals surface area contributed by atoms with Crippen molar-refractivity contribution in [3.63, 3.8) is 0 Å². The predicted molar refractivity (Wildman–Crippen MR) is 121 cm³/mol. The third-order valence-electron chi connectivity index (χ3n) is 5.15. The number of amides is 2. The van der Waals surface area contributed by atoms with Gasteiger partial charge in [-0.25, -0.2) is 4.98 Å². The Labute approximate surface area is 195 Å². The van der Waals surface area contributed by atoms with Gasteiger partial charge < -0.3 is 10.2 Å². The maximum Gasteiger partial charge on any atom is 0.416 e. The quantitative estimate of drug-likeness (QED) is 0.509. The van der Waals surface area contributed by atoms with Crippen molar-refractivity contribution in [2.75, 3.05) is 13.1 Å². The summed E-state index contributed by atoms with van der Waals surface area (Å²) in [6, 6.07) is 14.4. The van der Waals surface area contributed by atoms with E-state index in [0.29, 0.717) is 24.2 Å². The highest BCUT2D eigenvalue weighted by Crippen LogP contribution is 2.29. The summed E-state index contributed by atoms with van der Waals surface area (Å²) in [7, 11) is 0. The molecule has 0 aliphatic heterocycles. The second-order valence-electron chi connectivity index (χ2n) is 7.80. The summed E-state index contributed by atoms with van der Waals surface area (Å²) < 4.78 is 38.6. The van der Waals surface area contributed by atoms with Crippen LogP contribution in [0.1, 0.15) is 39.3 Å². The molecule has 0 bridgehead atoms. The molecule has 0 atom stereocenters. The molecule has 2 amide bonds. The standard InChI is InChI=1S/C25H25F3N4O2/c1-18-15-30-22(17-29-18)24(34)32(12-10-19-6-3-2-4-7-19)13-11-23(33)31-16-20-8-5-9-21(14-20)25(26,27)28/h2-9,14-15,17H,10-13,16H2,1H3,(H,31,33). The zero-order valence-corrected chi connectivity index (χ0v) is 18.7. The van der Waals surface area contributed by atoms with Crippen molar-refractivity contribution in [2.24, 2.45) is 0 Å². The van der Waals surface area contributed by atoms with Gasteiger partial charge in [0.2, 0.25) is 5.91 Å². The van der Waals surface area contributed by atoms with Crippen LogP contribution in [0.3, 0.4) is 0 Å². The van der Waals surface area contributed by atoms with Gasteiger partial charge in [0, 0.05) is 32.3 Å². The Morgan fingerprint density at radius 1 is 0.941 bits per heavy atom. The van der Waals surface area contributed by atoms with Crippen molar-refractivity contribution in [2.45, 2.75) is 32.5 Å². The molecule has 0 aliphatic carbocycles. The molecule has 178 valence electrons. The minimum absolute atomic E-state index is 0.00121. The van der Waals surface area contributed by atoms with Crippen molar-refractivity contribution in [1.29, 1.82) is 0 Å². The fourth-order valence-electron chi connectivity index (χ4n) is 3.27. The molecule has 9 heteroatoms. The number of benzene rings is 2. The Kier molecular flexibility index (Phi) is 8.34. The van der Waals surface area contributed by atoms with Crippen LogP contribution in [0.5, 0.6) is 0 Å². The van der Waals surface area contributed by atoms with Gasteiger partial charge in [-0.2, -0.15) is 13.2 Å². The summed E-state index contributed by atoms with van der Waals surface area (Å²) in [5.74, 6) is -0.709. The molecule has 0 aliphatic rings. The average molecular weight is 470 g/mol.